The van der Waals surface area contributed by atoms with E-state index in [0.717, 1.165) is 18.0 Å². The van der Waals surface area contributed by atoms with Gasteiger partial charge in [0.05, 0.1) is 0 Å². The average molecular weight is 153 g/mol. The van der Waals surface area contributed by atoms with Gasteiger partial charge in [-0.25, -0.2) is 0 Å². The van der Waals surface area contributed by atoms with Crippen molar-refractivity contribution in [1.82, 2.24) is 4.90 Å². The first-order chi connectivity index (χ1) is 5.29. The first-order valence-corrected chi connectivity index (χ1v) is 5.01. The van der Waals surface area contributed by atoms with Gasteiger partial charge in [-0.3, -0.25) is 0 Å². The second-order valence-corrected chi connectivity index (χ2v) is 4.35. The maximum atomic E-state index is 2.61. The SMILES string of the molecule is CC1CCC2CCCC2N1C. The van der Waals surface area contributed by atoms with E-state index in [9.17, 15) is 0 Å². The first-order valence-electron chi connectivity index (χ1n) is 5.01. The Kier molecular flexibility index (Phi) is 1.92. The normalized spacial score (nSPS) is 45.8. The van der Waals surface area contributed by atoms with Crippen LogP contribution in [0.5, 0.6) is 0 Å². The lowest BCUT2D eigenvalue weighted by atomic mass is 9.89. The highest BCUT2D eigenvalue weighted by molar-refractivity contribution is 4.90. The van der Waals surface area contributed by atoms with Crippen molar-refractivity contribution >= 4 is 0 Å². The predicted octanol–water partition coefficient (Wildman–Crippen LogP) is 2.27. The standard InChI is InChI=1S/C10H19N/c1-8-6-7-9-4-3-5-10(9)11(8)2/h8-10H,3-7H2,1-2H3. The molecule has 11 heavy (non-hydrogen) atoms. The van der Waals surface area contributed by atoms with E-state index in [4.69, 9.17) is 0 Å². The monoisotopic (exact) mass is 153 g/mol. The number of hydrogen-bond donors (Lipinski definition) is 0. The second-order valence-electron chi connectivity index (χ2n) is 4.35. The highest BCUT2D eigenvalue weighted by Gasteiger charge is 2.35. The Balaban J connectivity index is 2.06. The minimum absolute atomic E-state index is 0.842. The van der Waals surface area contributed by atoms with Gasteiger partial charge in [0.1, 0.15) is 0 Å². The molecule has 1 saturated heterocycles. The van der Waals surface area contributed by atoms with E-state index in [-0.39, 0.29) is 0 Å². The molecule has 0 radical (unpaired) electrons. The minimum Gasteiger partial charge on any atom is -0.300 e. The Hall–Kier alpha value is -0.0400. The van der Waals surface area contributed by atoms with Crippen LogP contribution in [-0.4, -0.2) is 24.0 Å². The van der Waals surface area contributed by atoms with Crippen LogP contribution in [0.3, 0.4) is 0 Å². The Morgan fingerprint density at radius 3 is 2.73 bits per heavy atom. The maximum Gasteiger partial charge on any atom is 0.0123 e. The number of likely N-dealkylation sites (tertiary alicyclic amines) is 1. The average Bonchev–Trinajstić information content (AvgIpc) is 2.45. The summed E-state index contributed by atoms with van der Waals surface area (Å²) in [4.78, 5) is 2.61. The molecule has 1 aliphatic carbocycles. The van der Waals surface area contributed by atoms with Crippen LogP contribution < -0.4 is 0 Å². The fraction of sp³-hybridized carbons (Fsp3) is 1.00. The summed E-state index contributed by atoms with van der Waals surface area (Å²) in [7, 11) is 2.31. The lowest BCUT2D eigenvalue weighted by molar-refractivity contribution is 0.0925. The summed E-state index contributed by atoms with van der Waals surface area (Å²) in [6.45, 7) is 2.37. The number of hydrogen-bond acceptors (Lipinski definition) is 1. The van der Waals surface area contributed by atoms with E-state index in [0.29, 0.717) is 0 Å². The van der Waals surface area contributed by atoms with Crippen molar-refractivity contribution in [3.05, 3.63) is 0 Å². The van der Waals surface area contributed by atoms with Gasteiger partial charge < -0.3 is 4.90 Å². The van der Waals surface area contributed by atoms with Crippen molar-refractivity contribution in [3.63, 3.8) is 0 Å². The molecule has 0 spiro atoms. The molecule has 1 heterocycles. The molecule has 2 aliphatic rings. The van der Waals surface area contributed by atoms with Gasteiger partial charge in [0.15, 0.2) is 0 Å². The summed E-state index contributed by atoms with van der Waals surface area (Å²) in [6.07, 6.45) is 7.37. The Labute approximate surface area is 69.8 Å². The van der Waals surface area contributed by atoms with Gasteiger partial charge in [0.2, 0.25) is 0 Å². The Bertz CT molecular complexity index is 144. The molecule has 0 aromatic carbocycles. The number of fused-ring (bicyclic) bond motifs is 1. The number of nitrogens with zero attached hydrogens (tertiary/aromatic N) is 1. The van der Waals surface area contributed by atoms with Crippen LogP contribution in [-0.2, 0) is 0 Å². The molecular formula is C10H19N. The Morgan fingerprint density at radius 1 is 1.09 bits per heavy atom. The number of piperidine rings is 1. The van der Waals surface area contributed by atoms with Gasteiger partial charge in [0, 0.05) is 12.1 Å². The third kappa shape index (κ3) is 1.20. The lowest BCUT2D eigenvalue weighted by Gasteiger charge is -2.39. The van der Waals surface area contributed by atoms with Crippen molar-refractivity contribution in [2.75, 3.05) is 7.05 Å². The topological polar surface area (TPSA) is 3.24 Å². The Morgan fingerprint density at radius 2 is 1.91 bits per heavy atom. The van der Waals surface area contributed by atoms with Crippen molar-refractivity contribution < 1.29 is 0 Å². The first kappa shape index (κ1) is 7.60. The molecule has 64 valence electrons. The fourth-order valence-electron chi connectivity index (χ4n) is 2.88. The summed E-state index contributed by atoms with van der Waals surface area (Å²) in [5.74, 6) is 1.05. The van der Waals surface area contributed by atoms with Crippen LogP contribution in [0.25, 0.3) is 0 Å². The van der Waals surface area contributed by atoms with Gasteiger partial charge in [-0.15, -0.1) is 0 Å². The van der Waals surface area contributed by atoms with Gasteiger partial charge >= 0.3 is 0 Å². The smallest absolute Gasteiger partial charge is 0.0123 e. The molecule has 0 bridgehead atoms. The molecule has 1 aliphatic heterocycles. The molecule has 1 saturated carbocycles. The molecule has 2 fully saturated rings. The van der Waals surface area contributed by atoms with Gasteiger partial charge in [-0.2, -0.15) is 0 Å². The molecular weight excluding hydrogens is 134 g/mol. The van der Waals surface area contributed by atoms with Crippen LogP contribution in [0.4, 0.5) is 0 Å². The van der Waals surface area contributed by atoms with Crippen LogP contribution >= 0.6 is 0 Å². The summed E-state index contributed by atoms with van der Waals surface area (Å²) in [5.41, 5.74) is 0. The third-order valence-corrected chi connectivity index (χ3v) is 3.79. The molecule has 0 amide bonds. The second kappa shape index (κ2) is 2.78. The molecule has 1 heteroatoms. The largest absolute Gasteiger partial charge is 0.300 e. The third-order valence-electron chi connectivity index (χ3n) is 3.79. The van der Waals surface area contributed by atoms with Crippen molar-refractivity contribution in [2.45, 2.75) is 51.1 Å². The summed E-state index contributed by atoms with van der Waals surface area (Å²) in [5, 5.41) is 0. The quantitative estimate of drug-likeness (QED) is 0.516. The van der Waals surface area contributed by atoms with E-state index in [1.807, 2.05) is 0 Å². The van der Waals surface area contributed by atoms with E-state index in [1.165, 1.54) is 32.1 Å². The van der Waals surface area contributed by atoms with Gasteiger partial charge in [-0.1, -0.05) is 6.42 Å². The van der Waals surface area contributed by atoms with E-state index < -0.39 is 0 Å². The van der Waals surface area contributed by atoms with Crippen molar-refractivity contribution in [2.24, 2.45) is 5.92 Å². The molecule has 0 N–H and O–H groups in total. The predicted molar refractivity (Wildman–Crippen MR) is 47.6 cm³/mol. The van der Waals surface area contributed by atoms with Crippen LogP contribution in [0.2, 0.25) is 0 Å². The van der Waals surface area contributed by atoms with Crippen molar-refractivity contribution in [1.29, 1.82) is 0 Å². The fourth-order valence-corrected chi connectivity index (χ4v) is 2.88. The molecule has 3 unspecified atom stereocenters. The molecule has 2 rings (SSSR count). The summed E-state index contributed by atoms with van der Waals surface area (Å²) in [6, 6.07) is 1.79. The number of rotatable bonds is 0. The van der Waals surface area contributed by atoms with Crippen LogP contribution in [0, 0.1) is 5.92 Å². The maximum absolute atomic E-state index is 2.61. The van der Waals surface area contributed by atoms with E-state index in [1.54, 1.807) is 0 Å². The molecule has 0 aromatic heterocycles. The van der Waals surface area contributed by atoms with E-state index >= 15 is 0 Å². The highest BCUT2D eigenvalue weighted by Crippen LogP contribution is 2.37. The lowest BCUT2D eigenvalue weighted by Crippen LogP contribution is -2.44. The zero-order valence-corrected chi connectivity index (χ0v) is 7.71. The van der Waals surface area contributed by atoms with Gasteiger partial charge in [-0.05, 0) is 45.6 Å². The van der Waals surface area contributed by atoms with Gasteiger partial charge in [0.25, 0.3) is 0 Å². The highest BCUT2D eigenvalue weighted by atomic mass is 15.2. The summed E-state index contributed by atoms with van der Waals surface area (Å²) >= 11 is 0. The summed E-state index contributed by atoms with van der Waals surface area (Å²) < 4.78 is 0. The molecule has 3 atom stereocenters. The molecule has 1 nitrogen and oxygen atoms in total. The van der Waals surface area contributed by atoms with E-state index in [2.05, 4.69) is 18.9 Å². The molecule has 0 aromatic rings. The zero-order valence-electron chi connectivity index (χ0n) is 7.71. The van der Waals surface area contributed by atoms with Crippen LogP contribution in [0.1, 0.15) is 39.0 Å². The van der Waals surface area contributed by atoms with Crippen molar-refractivity contribution in [3.8, 4) is 0 Å². The van der Waals surface area contributed by atoms with Crippen LogP contribution in [0.15, 0.2) is 0 Å². The minimum atomic E-state index is 0.842. The zero-order chi connectivity index (χ0) is 7.84.